The number of amides is 2. The average Bonchev–Trinajstić information content (AvgIpc) is 2.99. The lowest BCUT2D eigenvalue weighted by Crippen LogP contribution is -2.26. The van der Waals surface area contributed by atoms with E-state index in [2.05, 4.69) is 16.0 Å². The molecule has 1 unspecified atom stereocenters. The Balaban J connectivity index is 0.00000242. The molecule has 0 radical (unpaired) electrons. The summed E-state index contributed by atoms with van der Waals surface area (Å²) in [5.41, 5.74) is 1.64. The summed E-state index contributed by atoms with van der Waals surface area (Å²) >= 11 is 0. The molecule has 3 N–H and O–H groups in total. The van der Waals surface area contributed by atoms with Gasteiger partial charge in [0.05, 0.1) is 0 Å². The monoisotopic (exact) mass is 325 g/mol. The molecule has 6 heteroatoms. The molecule has 1 aliphatic rings. The van der Waals surface area contributed by atoms with Gasteiger partial charge in [-0.1, -0.05) is 12.1 Å². The molecule has 0 spiro atoms. The maximum absolute atomic E-state index is 12.0. The van der Waals surface area contributed by atoms with Crippen molar-refractivity contribution < 1.29 is 9.59 Å². The molecule has 122 valence electrons. The molecule has 1 atom stereocenters. The van der Waals surface area contributed by atoms with Crippen molar-refractivity contribution >= 4 is 24.2 Å². The highest BCUT2D eigenvalue weighted by atomic mass is 35.5. The fraction of sp³-hybridized carbons (Fsp3) is 0.500. The van der Waals surface area contributed by atoms with Crippen LogP contribution in [0.4, 0.5) is 0 Å². The standard InChI is InChI=1S/C16H23N3O2.ClH/c1-12(20)19-11-13-2-4-15(5-3-13)16(21)18-9-7-14-6-8-17-10-14;/h2-5,14,17H,6-11H2,1H3,(H,18,21)(H,19,20);1H. The van der Waals surface area contributed by atoms with Crippen LogP contribution in [-0.2, 0) is 11.3 Å². The molecule has 2 rings (SSSR count). The predicted octanol–water partition coefficient (Wildman–Crippen LogP) is 1.47. The van der Waals surface area contributed by atoms with E-state index >= 15 is 0 Å². The Labute approximate surface area is 137 Å². The van der Waals surface area contributed by atoms with Crippen molar-refractivity contribution in [2.75, 3.05) is 19.6 Å². The summed E-state index contributed by atoms with van der Waals surface area (Å²) in [7, 11) is 0. The van der Waals surface area contributed by atoms with E-state index in [1.165, 1.54) is 13.3 Å². The number of rotatable bonds is 6. The van der Waals surface area contributed by atoms with E-state index in [1.54, 1.807) is 12.1 Å². The maximum atomic E-state index is 12.0. The molecule has 5 nitrogen and oxygen atoms in total. The number of hydrogen-bond acceptors (Lipinski definition) is 3. The Morgan fingerprint density at radius 3 is 2.55 bits per heavy atom. The Hall–Kier alpha value is -1.59. The molecule has 1 aromatic rings. The number of halogens is 1. The van der Waals surface area contributed by atoms with Gasteiger partial charge in [0, 0.05) is 25.6 Å². The number of hydrogen-bond donors (Lipinski definition) is 3. The number of carbonyl (C=O) groups is 2. The maximum Gasteiger partial charge on any atom is 0.251 e. The molecule has 0 bridgehead atoms. The van der Waals surface area contributed by atoms with Gasteiger partial charge in [0.15, 0.2) is 0 Å². The molecule has 1 saturated heterocycles. The quantitative estimate of drug-likeness (QED) is 0.742. The fourth-order valence-electron chi connectivity index (χ4n) is 2.45. The largest absolute Gasteiger partial charge is 0.352 e. The molecule has 1 aromatic carbocycles. The second-order valence-electron chi connectivity index (χ2n) is 5.51. The van der Waals surface area contributed by atoms with Gasteiger partial charge in [-0.05, 0) is 49.5 Å². The highest BCUT2D eigenvalue weighted by Gasteiger charge is 2.14. The first-order valence-electron chi connectivity index (χ1n) is 7.47. The first-order chi connectivity index (χ1) is 10.1. The van der Waals surface area contributed by atoms with Crippen molar-refractivity contribution in [3.05, 3.63) is 35.4 Å². The zero-order valence-corrected chi connectivity index (χ0v) is 13.7. The van der Waals surface area contributed by atoms with Crippen LogP contribution in [0.15, 0.2) is 24.3 Å². The van der Waals surface area contributed by atoms with Crippen LogP contribution < -0.4 is 16.0 Å². The van der Waals surface area contributed by atoms with E-state index in [0.717, 1.165) is 31.6 Å². The summed E-state index contributed by atoms with van der Waals surface area (Å²) < 4.78 is 0. The number of benzene rings is 1. The minimum Gasteiger partial charge on any atom is -0.352 e. The summed E-state index contributed by atoms with van der Waals surface area (Å²) in [4.78, 5) is 22.8. The van der Waals surface area contributed by atoms with Crippen LogP contribution in [0.2, 0.25) is 0 Å². The molecular formula is C16H24ClN3O2. The first-order valence-corrected chi connectivity index (χ1v) is 7.47. The smallest absolute Gasteiger partial charge is 0.251 e. The van der Waals surface area contributed by atoms with E-state index in [4.69, 9.17) is 0 Å². The Morgan fingerprint density at radius 2 is 1.95 bits per heavy atom. The van der Waals surface area contributed by atoms with Crippen LogP contribution in [0.1, 0.15) is 35.7 Å². The number of carbonyl (C=O) groups excluding carboxylic acids is 2. The van der Waals surface area contributed by atoms with E-state index in [0.29, 0.717) is 18.0 Å². The molecule has 2 amide bonds. The predicted molar refractivity (Wildman–Crippen MR) is 89.1 cm³/mol. The van der Waals surface area contributed by atoms with E-state index in [1.807, 2.05) is 12.1 Å². The van der Waals surface area contributed by atoms with Gasteiger partial charge < -0.3 is 16.0 Å². The van der Waals surface area contributed by atoms with Gasteiger partial charge >= 0.3 is 0 Å². The minimum absolute atomic E-state index is 0. The van der Waals surface area contributed by atoms with Crippen LogP contribution in [0.5, 0.6) is 0 Å². The second kappa shape index (κ2) is 9.43. The van der Waals surface area contributed by atoms with Gasteiger partial charge in [0.25, 0.3) is 5.91 Å². The van der Waals surface area contributed by atoms with Gasteiger partial charge in [-0.25, -0.2) is 0 Å². The van der Waals surface area contributed by atoms with Crippen LogP contribution in [0.25, 0.3) is 0 Å². The van der Waals surface area contributed by atoms with Gasteiger partial charge in [-0.3, -0.25) is 9.59 Å². The zero-order chi connectivity index (χ0) is 15.1. The third kappa shape index (κ3) is 6.03. The van der Waals surface area contributed by atoms with E-state index < -0.39 is 0 Å². The lowest BCUT2D eigenvalue weighted by atomic mass is 10.1. The molecular weight excluding hydrogens is 302 g/mol. The number of nitrogens with one attached hydrogen (secondary N) is 3. The van der Waals surface area contributed by atoms with Crippen molar-refractivity contribution in [2.45, 2.75) is 26.3 Å². The molecule has 0 aliphatic carbocycles. The molecule has 22 heavy (non-hydrogen) atoms. The summed E-state index contributed by atoms with van der Waals surface area (Å²) in [5.74, 6) is 0.593. The summed E-state index contributed by atoms with van der Waals surface area (Å²) in [6.45, 7) is 4.86. The van der Waals surface area contributed by atoms with E-state index in [-0.39, 0.29) is 24.2 Å². The Bertz CT molecular complexity index is 485. The van der Waals surface area contributed by atoms with Gasteiger partial charge in [-0.2, -0.15) is 0 Å². The highest BCUT2D eigenvalue weighted by Crippen LogP contribution is 2.11. The highest BCUT2D eigenvalue weighted by molar-refractivity contribution is 5.94. The Morgan fingerprint density at radius 1 is 1.23 bits per heavy atom. The molecule has 1 fully saturated rings. The molecule has 1 aliphatic heterocycles. The van der Waals surface area contributed by atoms with Crippen LogP contribution in [0.3, 0.4) is 0 Å². The third-order valence-corrected chi connectivity index (χ3v) is 3.76. The minimum atomic E-state index is -0.0572. The molecule has 0 saturated carbocycles. The average molecular weight is 326 g/mol. The molecule has 1 heterocycles. The zero-order valence-electron chi connectivity index (χ0n) is 12.9. The van der Waals surface area contributed by atoms with Crippen molar-refractivity contribution in [2.24, 2.45) is 5.92 Å². The van der Waals surface area contributed by atoms with Crippen molar-refractivity contribution in [3.63, 3.8) is 0 Å². The van der Waals surface area contributed by atoms with Crippen molar-refractivity contribution in [1.29, 1.82) is 0 Å². The van der Waals surface area contributed by atoms with Crippen LogP contribution >= 0.6 is 12.4 Å². The van der Waals surface area contributed by atoms with Gasteiger partial charge in [0.1, 0.15) is 0 Å². The Kier molecular flexibility index (Phi) is 7.91. The lowest BCUT2D eigenvalue weighted by Gasteiger charge is -2.10. The van der Waals surface area contributed by atoms with E-state index in [9.17, 15) is 9.59 Å². The lowest BCUT2D eigenvalue weighted by molar-refractivity contribution is -0.119. The van der Waals surface area contributed by atoms with Crippen molar-refractivity contribution in [3.8, 4) is 0 Å². The fourth-order valence-corrected chi connectivity index (χ4v) is 2.45. The van der Waals surface area contributed by atoms with Crippen LogP contribution in [-0.4, -0.2) is 31.4 Å². The first kappa shape index (κ1) is 18.5. The summed E-state index contributed by atoms with van der Waals surface area (Å²) in [6, 6.07) is 7.32. The summed E-state index contributed by atoms with van der Waals surface area (Å²) in [6.07, 6.45) is 2.23. The second-order valence-corrected chi connectivity index (χ2v) is 5.51. The molecule has 0 aromatic heterocycles. The van der Waals surface area contributed by atoms with Gasteiger partial charge in [0.2, 0.25) is 5.91 Å². The van der Waals surface area contributed by atoms with Gasteiger partial charge in [-0.15, -0.1) is 12.4 Å². The third-order valence-electron chi connectivity index (χ3n) is 3.76. The SMILES string of the molecule is CC(=O)NCc1ccc(C(=O)NCCC2CCNC2)cc1.Cl. The van der Waals surface area contributed by atoms with Crippen LogP contribution in [0, 0.1) is 5.92 Å². The topological polar surface area (TPSA) is 70.2 Å². The normalized spacial score (nSPS) is 16.7. The van der Waals surface area contributed by atoms with Crippen molar-refractivity contribution in [1.82, 2.24) is 16.0 Å². The summed E-state index contributed by atoms with van der Waals surface area (Å²) in [5, 5.41) is 9.02.